The van der Waals surface area contributed by atoms with Crippen molar-refractivity contribution in [3.05, 3.63) is 0 Å². The molecular weight excluding hydrogens is 387 g/mol. The molecule has 3 aliphatic heterocycles. The van der Waals surface area contributed by atoms with E-state index in [0.717, 1.165) is 26.2 Å². The number of amides is 2. The summed E-state index contributed by atoms with van der Waals surface area (Å²) in [5.41, 5.74) is 0. The maximum absolute atomic E-state index is 12.6. The van der Waals surface area contributed by atoms with Crippen molar-refractivity contribution >= 4 is 36.6 Å². The molecule has 2 amide bonds. The lowest BCUT2D eigenvalue weighted by atomic mass is 9.85. The largest absolute Gasteiger partial charge is 0.339 e. The highest BCUT2D eigenvalue weighted by atomic mass is 35.5. The standard InChI is InChI=1S/C19H34N4O2.2ClH/c1-16(17-5-4-6-20-14-17)13-18(24)22-9-11-23(12-10-22)19(25)15-21-7-2-3-8-21;;/h16-17,20H,2-15H2,1H3;2*1H. The fraction of sp³-hybridized carbons (Fsp3) is 0.895. The third-order valence-electron chi connectivity index (χ3n) is 6.18. The van der Waals surface area contributed by atoms with Gasteiger partial charge < -0.3 is 15.1 Å². The van der Waals surface area contributed by atoms with Crippen molar-refractivity contribution in [3.8, 4) is 0 Å². The minimum Gasteiger partial charge on any atom is -0.339 e. The first-order valence-corrected chi connectivity index (χ1v) is 10.1. The van der Waals surface area contributed by atoms with Crippen molar-refractivity contribution in [2.24, 2.45) is 11.8 Å². The molecule has 3 saturated heterocycles. The van der Waals surface area contributed by atoms with Crippen molar-refractivity contribution in [2.45, 2.75) is 39.0 Å². The molecule has 0 bridgehead atoms. The summed E-state index contributed by atoms with van der Waals surface area (Å²) in [5.74, 6) is 1.57. The molecule has 6 nitrogen and oxygen atoms in total. The van der Waals surface area contributed by atoms with Crippen LogP contribution in [0.2, 0.25) is 0 Å². The second-order valence-electron chi connectivity index (χ2n) is 8.03. The van der Waals surface area contributed by atoms with E-state index in [1.54, 1.807) is 0 Å². The lowest BCUT2D eigenvalue weighted by Crippen LogP contribution is -2.52. The third kappa shape index (κ3) is 7.08. The third-order valence-corrected chi connectivity index (χ3v) is 6.18. The Morgan fingerprint density at radius 2 is 1.52 bits per heavy atom. The predicted octanol–water partition coefficient (Wildman–Crippen LogP) is 1.62. The molecule has 0 aromatic heterocycles. The Morgan fingerprint density at radius 1 is 0.926 bits per heavy atom. The number of likely N-dealkylation sites (tertiary alicyclic amines) is 1. The van der Waals surface area contributed by atoms with E-state index < -0.39 is 0 Å². The van der Waals surface area contributed by atoms with Crippen LogP contribution in [0, 0.1) is 11.8 Å². The zero-order valence-corrected chi connectivity index (χ0v) is 18.2. The fourth-order valence-electron chi connectivity index (χ4n) is 4.37. The molecule has 0 aromatic carbocycles. The van der Waals surface area contributed by atoms with Gasteiger partial charge in [0.15, 0.2) is 0 Å². The number of hydrogen-bond acceptors (Lipinski definition) is 4. The number of carbonyl (C=O) groups excluding carboxylic acids is 2. The molecule has 27 heavy (non-hydrogen) atoms. The molecule has 0 aliphatic carbocycles. The predicted molar refractivity (Wildman–Crippen MR) is 113 cm³/mol. The summed E-state index contributed by atoms with van der Waals surface area (Å²) >= 11 is 0. The minimum absolute atomic E-state index is 0. The Kier molecular flexibility index (Phi) is 11.0. The summed E-state index contributed by atoms with van der Waals surface area (Å²) < 4.78 is 0. The van der Waals surface area contributed by atoms with Gasteiger partial charge in [0, 0.05) is 32.6 Å². The van der Waals surface area contributed by atoms with Gasteiger partial charge in [-0.15, -0.1) is 24.8 Å². The average molecular weight is 423 g/mol. The molecule has 158 valence electrons. The summed E-state index contributed by atoms with van der Waals surface area (Å²) in [7, 11) is 0. The highest BCUT2D eigenvalue weighted by Gasteiger charge is 2.28. The summed E-state index contributed by atoms with van der Waals surface area (Å²) in [4.78, 5) is 31.1. The van der Waals surface area contributed by atoms with Crippen molar-refractivity contribution in [3.63, 3.8) is 0 Å². The van der Waals surface area contributed by atoms with Gasteiger partial charge in [-0.05, 0) is 63.7 Å². The lowest BCUT2D eigenvalue weighted by molar-refractivity contribution is -0.140. The van der Waals surface area contributed by atoms with Gasteiger partial charge in [-0.2, -0.15) is 0 Å². The quantitative estimate of drug-likeness (QED) is 0.731. The van der Waals surface area contributed by atoms with Crippen LogP contribution in [0.15, 0.2) is 0 Å². The van der Waals surface area contributed by atoms with E-state index in [9.17, 15) is 9.59 Å². The first-order chi connectivity index (χ1) is 12.1. The molecule has 8 heteroatoms. The molecule has 2 atom stereocenters. The van der Waals surface area contributed by atoms with Crippen molar-refractivity contribution in [2.75, 3.05) is 58.9 Å². The van der Waals surface area contributed by atoms with Crippen LogP contribution in [0.4, 0.5) is 0 Å². The molecule has 3 heterocycles. The number of hydrogen-bond donors (Lipinski definition) is 1. The molecule has 2 unspecified atom stereocenters. The van der Waals surface area contributed by atoms with Gasteiger partial charge in [0.2, 0.25) is 11.8 Å². The van der Waals surface area contributed by atoms with E-state index in [2.05, 4.69) is 17.1 Å². The summed E-state index contributed by atoms with van der Waals surface area (Å²) in [6.45, 7) is 9.81. The van der Waals surface area contributed by atoms with Gasteiger partial charge in [0.25, 0.3) is 0 Å². The average Bonchev–Trinajstić information content (AvgIpc) is 3.15. The molecule has 3 aliphatic rings. The normalized spacial score (nSPS) is 24.7. The van der Waals surface area contributed by atoms with E-state index in [4.69, 9.17) is 0 Å². The maximum atomic E-state index is 12.6. The molecule has 3 rings (SSSR count). The Morgan fingerprint density at radius 3 is 2.07 bits per heavy atom. The van der Waals surface area contributed by atoms with E-state index in [-0.39, 0.29) is 36.6 Å². The molecular formula is C19H36Cl2N4O2. The molecule has 1 N–H and O–H groups in total. The zero-order chi connectivity index (χ0) is 17.6. The van der Waals surface area contributed by atoms with E-state index in [1.807, 2.05) is 9.80 Å². The Balaban J connectivity index is 0.00000182. The Hall–Kier alpha value is -0.560. The number of nitrogens with one attached hydrogen (secondary N) is 1. The van der Waals surface area contributed by atoms with Crippen LogP contribution in [0.1, 0.15) is 39.0 Å². The Bertz CT molecular complexity index is 461. The number of nitrogens with zero attached hydrogens (tertiary/aromatic N) is 3. The first-order valence-electron chi connectivity index (χ1n) is 10.1. The van der Waals surface area contributed by atoms with E-state index in [0.29, 0.717) is 51.0 Å². The second-order valence-corrected chi connectivity index (χ2v) is 8.03. The Labute approximate surface area is 176 Å². The molecule has 0 saturated carbocycles. The van der Waals surface area contributed by atoms with Crippen LogP contribution in [-0.2, 0) is 9.59 Å². The van der Waals surface area contributed by atoms with Crippen molar-refractivity contribution in [1.82, 2.24) is 20.0 Å². The van der Waals surface area contributed by atoms with Gasteiger partial charge in [0.05, 0.1) is 6.54 Å². The smallest absolute Gasteiger partial charge is 0.236 e. The van der Waals surface area contributed by atoms with Gasteiger partial charge in [-0.3, -0.25) is 14.5 Å². The molecule has 3 fully saturated rings. The lowest BCUT2D eigenvalue weighted by Gasteiger charge is -2.36. The summed E-state index contributed by atoms with van der Waals surface area (Å²) in [6, 6.07) is 0. The number of piperazine rings is 1. The van der Waals surface area contributed by atoms with Crippen LogP contribution >= 0.6 is 24.8 Å². The van der Waals surface area contributed by atoms with Crippen LogP contribution in [-0.4, -0.2) is 85.4 Å². The molecule has 0 radical (unpaired) electrons. The van der Waals surface area contributed by atoms with Gasteiger partial charge in [0.1, 0.15) is 0 Å². The number of carbonyl (C=O) groups is 2. The van der Waals surface area contributed by atoms with Crippen LogP contribution in [0.25, 0.3) is 0 Å². The SMILES string of the molecule is CC(CC(=O)N1CCN(C(=O)CN2CCCC2)CC1)C1CCCNC1.Cl.Cl. The summed E-state index contributed by atoms with van der Waals surface area (Å²) in [6.07, 6.45) is 5.53. The summed E-state index contributed by atoms with van der Waals surface area (Å²) in [5, 5.41) is 3.44. The number of piperidine rings is 1. The maximum Gasteiger partial charge on any atom is 0.236 e. The first kappa shape index (κ1) is 24.5. The number of rotatable bonds is 5. The second kappa shape index (κ2) is 12.1. The minimum atomic E-state index is 0. The van der Waals surface area contributed by atoms with E-state index >= 15 is 0 Å². The highest BCUT2D eigenvalue weighted by Crippen LogP contribution is 2.23. The van der Waals surface area contributed by atoms with Crippen LogP contribution in [0.3, 0.4) is 0 Å². The van der Waals surface area contributed by atoms with Crippen LogP contribution in [0.5, 0.6) is 0 Å². The topological polar surface area (TPSA) is 55.9 Å². The van der Waals surface area contributed by atoms with Crippen LogP contribution < -0.4 is 5.32 Å². The monoisotopic (exact) mass is 422 g/mol. The highest BCUT2D eigenvalue weighted by molar-refractivity contribution is 5.85. The van der Waals surface area contributed by atoms with Crippen molar-refractivity contribution in [1.29, 1.82) is 0 Å². The molecule has 0 spiro atoms. The fourth-order valence-corrected chi connectivity index (χ4v) is 4.37. The van der Waals surface area contributed by atoms with Gasteiger partial charge in [-0.25, -0.2) is 0 Å². The van der Waals surface area contributed by atoms with Gasteiger partial charge >= 0.3 is 0 Å². The van der Waals surface area contributed by atoms with Crippen molar-refractivity contribution < 1.29 is 9.59 Å². The molecule has 0 aromatic rings. The number of halogens is 2. The van der Waals surface area contributed by atoms with E-state index in [1.165, 1.54) is 25.7 Å². The van der Waals surface area contributed by atoms with Gasteiger partial charge in [-0.1, -0.05) is 6.92 Å². The zero-order valence-electron chi connectivity index (χ0n) is 16.5.